The quantitative estimate of drug-likeness (QED) is 0.726. The number of benzene rings is 1. The standard InChI is InChI=1S/C15H24N2/c1-2-7-15(8-3-1)9-11-16-10-6-14-17-12-4-5-13-17/h1-3,7-8,16H,4-6,9-14H2. The molecule has 2 rings (SSSR count). The zero-order chi connectivity index (χ0) is 11.8. The third-order valence-corrected chi connectivity index (χ3v) is 3.46. The Labute approximate surface area is 105 Å². The summed E-state index contributed by atoms with van der Waals surface area (Å²) in [5.41, 5.74) is 1.43. The molecule has 1 saturated heterocycles. The van der Waals surface area contributed by atoms with Gasteiger partial charge < -0.3 is 10.2 Å². The van der Waals surface area contributed by atoms with Gasteiger partial charge in [0, 0.05) is 0 Å². The minimum absolute atomic E-state index is 1.10. The second kappa shape index (κ2) is 7.46. The predicted molar refractivity (Wildman–Crippen MR) is 73.3 cm³/mol. The maximum absolute atomic E-state index is 3.53. The number of hydrogen-bond acceptors (Lipinski definition) is 2. The van der Waals surface area contributed by atoms with Gasteiger partial charge in [-0.3, -0.25) is 0 Å². The van der Waals surface area contributed by atoms with Crippen molar-refractivity contribution >= 4 is 0 Å². The Morgan fingerprint density at radius 3 is 2.53 bits per heavy atom. The van der Waals surface area contributed by atoms with Crippen molar-refractivity contribution in [2.45, 2.75) is 25.7 Å². The lowest BCUT2D eigenvalue weighted by Gasteiger charge is -2.14. The Kier molecular flexibility index (Phi) is 5.53. The summed E-state index contributed by atoms with van der Waals surface area (Å²) in [6.07, 6.45) is 5.24. The van der Waals surface area contributed by atoms with Crippen molar-refractivity contribution in [3.8, 4) is 0 Å². The number of nitrogens with one attached hydrogen (secondary N) is 1. The van der Waals surface area contributed by atoms with Crippen LogP contribution < -0.4 is 5.32 Å². The van der Waals surface area contributed by atoms with E-state index in [1.807, 2.05) is 0 Å². The van der Waals surface area contributed by atoms with E-state index in [9.17, 15) is 0 Å². The normalized spacial score (nSPS) is 16.5. The van der Waals surface area contributed by atoms with E-state index in [0.717, 1.165) is 19.5 Å². The Balaban J connectivity index is 1.46. The number of likely N-dealkylation sites (tertiary alicyclic amines) is 1. The molecule has 0 atom stereocenters. The fourth-order valence-electron chi connectivity index (χ4n) is 2.44. The van der Waals surface area contributed by atoms with Crippen molar-refractivity contribution in [2.75, 3.05) is 32.7 Å². The first-order valence-electron chi connectivity index (χ1n) is 6.92. The molecule has 1 heterocycles. The second-order valence-corrected chi connectivity index (χ2v) is 4.89. The summed E-state index contributed by atoms with van der Waals surface area (Å²) in [7, 11) is 0. The Hall–Kier alpha value is -0.860. The van der Waals surface area contributed by atoms with Crippen LogP contribution in [0.2, 0.25) is 0 Å². The number of nitrogens with zero attached hydrogens (tertiary/aromatic N) is 1. The summed E-state index contributed by atoms with van der Waals surface area (Å²) in [6.45, 7) is 6.18. The zero-order valence-corrected chi connectivity index (χ0v) is 10.7. The molecule has 1 aromatic rings. The summed E-state index contributed by atoms with van der Waals surface area (Å²) in [5.74, 6) is 0. The average molecular weight is 232 g/mol. The highest BCUT2D eigenvalue weighted by molar-refractivity contribution is 5.14. The van der Waals surface area contributed by atoms with Crippen LogP contribution in [-0.2, 0) is 6.42 Å². The maximum atomic E-state index is 3.53. The van der Waals surface area contributed by atoms with Gasteiger partial charge in [0.1, 0.15) is 0 Å². The largest absolute Gasteiger partial charge is 0.316 e. The van der Waals surface area contributed by atoms with E-state index in [1.54, 1.807) is 0 Å². The molecule has 0 radical (unpaired) electrons. The third-order valence-electron chi connectivity index (χ3n) is 3.46. The van der Waals surface area contributed by atoms with Crippen molar-refractivity contribution in [3.63, 3.8) is 0 Å². The maximum Gasteiger partial charge on any atom is -0.000664 e. The first-order chi connectivity index (χ1) is 8.45. The Bertz CT molecular complexity index is 291. The molecule has 1 aliphatic rings. The molecule has 0 aliphatic carbocycles. The highest BCUT2D eigenvalue weighted by Gasteiger charge is 2.09. The lowest BCUT2D eigenvalue weighted by atomic mass is 10.1. The van der Waals surface area contributed by atoms with Gasteiger partial charge in [0.05, 0.1) is 0 Å². The summed E-state index contributed by atoms with van der Waals surface area (Å²) in [5, 5.41) is 3.53. The highest BCUT2D eigenvalue weighted by atomic mass is 15.1. The summed E-state index contributed by atoms with van der Waals surface area (Å²) < 4.78 is 0. The van der Waals surface area contributed by atoms with Crippen molar-refractivity contribution in [2.24, 2.45) is 0 Å². The van der Waals surface area contributed by atoms with Crippen LogP contribution in [0, 0.1) is 0 Å². The SMILES string of the molecule is c1ccc(CCNCCCN2CCCC2)cc1. The smallest absolute Gasteiger partial charge is 0.000664 e. The van der Waals surface area contributed by atoms with E-state index in [2.05, 4.69) is 40.5 Å². The third kappa shape index (κ3) is 4.88. The molecule has 0 bridgehead atoms. The molecule has 2 nitrogen and oxygen atoms in total. The van der Waals surface area contributed by atoms with Gasteiger partial charge in [0.15, 0.2) is 0 Å². The molecule has 0 aromatic heterocycles. The Morgan fingerprint density at radius 2 is 1.76 bits per heavy atom. The van der Waals surface area contributed by atoms with Gasteiger partial charge in [-0.05, 0) is 64.0 Å². The van der Waals surface area contributed by atoms with Gasteiger partial charge >= 0.3 is 0 Å². The zero-order valence-electron chi connectivity index (χ0n) is 10.7. The van der Waals surface area contributed by atoms with Crippen molar-refractivity contribution in [1.29, 1.82) is 0 Å². The predicted octanol–water partition coefficient (Wildman–Crippen LogP) is 2.30. The number of rotatable bonds is 7. The van der Waals surface area contributed by atoms with Crippen LogP contribution >= 0.6 is 0 Å². The van der Waals surface area contributed by atoms with Crippen LogP contribution in [0.5, 0.6) is 0 Å². The molecule has 94 valence electrons. The lowest BCUT2D eigenvalue weighted by Crippen LogP contribution is -2.25. The molecule has 1 aliphatic heterocycles. The van der Waals surface area contributed by atoms with Crippen LogP contribution in [0.1, 0.15) is 24.8 Å². The van der Waals surface area contributed by atoms with Gasteiger partial charge in [0.2, 0.25) is 0 Å². The van der Waals surface area contributed by atoms with Crippen LogP contribution in [0.4, 0.5) is 0 Å². The van der Waals surface area contributed by atoms with E-state index >= 15 is 0 Å². The van der Waals surface area contributed by atoms with E-state index in [4.69, 9.17) is 0 Å². The molecule has 1 aromatic carbocycles. The molecule has 2 heteroatoms. The van der Waals surface area contributed by atoms with Gasteiger partial charge in [0.25, 0.3) is 0 Å². The van der Waals surface area contributed by atoms with Crippen molar-refractivity contribution < 1.29 is 0 Å². The van der Waals surface area contributed by atoms with Crippen molar-refractivity contribution in [3.05, 3.63) is 35.9 Å². The molecule has 0 amide bonds. The molecule has 0 saturated carbocycles. The first-order valence-corrected chi connectivity index (χ1v) is 6.92. The lowest BCUT2D eigenvalue weighted by molar-refractivity contribution is 0.331. The summed E-state index contributed by atoms with van der Waals surface area (Å²) >= 11 is 0. The van der Waals surface area contributed by atoms with Crippen LogP contribution in [0.3, 0.4) is 0 Å². The van der Waals surface area contributed by atoms with E-state index < -0.39 is 0 Å². The fourth-order valence-corrected chi connectivity index (χ4v) is 2.44. The summed E-state index contributed by atoms with van der Waals surface area (Å²) in [6, 6.07) is 10.7. The van der Waals surface area contributed by atoms with Gasteiger partial charge in [-0.25, -0.2) is 0 Å². The number of hydrogen-bond donors (Lipinski definition) is 1. The average Bonchev–Trinajstić information content (AvgIpc) is 2.88. The van der Waals surface area contributed by atoms with E-state index in [1.165, 1.54) is 44.5 Å². The molecule has 0 spiro atoms. The van der Waals surface area contributed by atoms with Gasteiger partial charge in [-0.2, -0.15) is 0 Å². The minimum Gasteiger partial charge on any atom is -0.316 e. The monoisotopic (exact) mass is 232 g/mol. The van der Waals surface area contributed by atoms with E-state index in [0.29, 0.717) is 0 Å². The second-order valence-electron chi connectivity index (χ2n) is 4.89. The summed E-state index contributed by atoms with van der Waals surface area (Å²) in [4.78, 5) is 2.58. The van der Waals surface area contributed by atoms with Crippen LogP contribution in [0.25, 0.3) is 0 Å². The Morgan fingerprint density at radius 1 is 1.00 bits per heavy atom. The molecule has 1 N–H and O–H groups in total. The molecule has 0 unspecified atom stereocenters. The minimum atomic E-state index is 1.10. The van der Waals surface area contributed by atoms with Crippen LogP contribution in [0.15, 0.2) is 30.3 Å². The highest BCUT2D eigenvalue weighted by Crippen LogP contribution is 2.06. The fraction of sp³-hybridized carbons (Fsp3) is 0.600. The van der Waals surface area contributed by atoms with Crippen molar-refractivity contribution in [1.82, 2.24) is 10.2 Å². The molecule has 17 heavy (non-hydrogen) atoms. The molecule has 1 fully saturated rings. The van der Waals surface area contributed by atoms with Gasteiger partial charge in [-0.1, -0.05) is 30.3 Å². The first kappa shape index (κ1) is 12.6. The molecular formula is C15H24N2. The van der Waals surface area contributed by atoms with E-state index in [-0.39, 0.29) is 0 Å². The van der Waals surface area contributed by atoms with Crippen LogP contribution in [-0.4, -0.2) is 37.6 Å². The van der Waals surface area contributed by atoms with Gasteiger partial charge in [-0.15, -0.1) is 0 Å². The topological polar surface area (TPSA) is 15.3 Å². The molecular weight excluding hydrogens is 208 g/mol.